The number of aliphatic carboxylic acids is 1. The lowest BCUT2D eigenvalue weighted by molar-refractivity contribution is -0.131. The smallest absolute Gasteiger partial charge is 0.328 e. The number of hydrogen-bond donors (Lipinski definition) is 2. The van der Waals surface area contributed by atoms with Crippen LogP contribution in [0.1, 0.15) is 75.3 Å². The highest BCUT2D eigenvalue weighted by molar-refractivity contribution is 5.85. The molecule has 1 aliphatic carbocycles. The second kappa shape index (κ2) is 6.48. The van der Waals surface area contributed by atoms with Crippen molar-refractivity contribution in [1.29, 1.82) is 0 Å². The highest BCUT2D eigenvalue weighted by atomic mass is 16.4. The lowest BCUT2D eigenvalue weighted by Gasteiger charge is -2.42. The molecule has 1 heterocycles. The fraction of sp³-hybridized carbons (Fsp3) is 0.423. The number of benzene rings is 2. The Bertz CT molecular complexity index is 1020. The summed E-state index contributed by atoms with van der Waals surface area (Å²) in [6, 6.07) is 13.3. The first-order chi connectivity index (χ1) is 13.5. The van der Waals surface area contributed by atoms with Crippen molar-refractivity contribution in [2.75, 3.05) is 11.9 Å². The Morgan fingerprint density at radius 2 is 1.62 bits per heavy atom. The van der Waals surface area contributed by atoms with Gasteiger partial charge in [0.1, 0.15) is 0 Å². The monoisotopic (exact) mass is 389 g/mol. The molecular formula is C26H31NO2. The Morgan fingerprint density at radius 1 is 0.931 bits per heavy atom. The molecule has 0 bridgehead atoms. The SMILES string of the molecule is CC1(C)CCC(C)(C)c2cc(C3(C)CNc4ccc(/C=C/C(=O)O)cc43)ccc21. The third kappa shape index (κ3) is 3.27. The van der Waals surface area contributed by atoms with E-state index in [1.165, 1.54) is 41.2 Å². The number of rotatable bonds is 3. The van der Waals surface area contributed by atoms with Crippen LogP contribution in [0.15, 0.2) is 42.5 Å². The van der Waals surface area contributed by atoms with Gasteiger partial charge in [0, 0.05) is 23.7 Å². The third-order valence-electron chi connectivity index (χ3n) is 7.18. The predicted octanol–water partition coefficient (Wildman–Crippen LogP) is 5.86. The van der Waals surface area contributed by atoms with Gasteiger partial charge in [-0.3, -0.25) is 0 Å². The van der Waals surface area contributed by atoms with Crippen LogP contribution in [-0.4, -0.2) is 17.6 Å². The van der Waals surface area contributed by atoms with Crippen molar-refractivity contribution < 1.29 is 9.90 Å². The lowest BCUT2D eigenvalue weighted by Crippen LogP contribution is -2.35. The van der Waals surface area contributed by atoms with Crippen molar-refractivity contribution in [2.45, 2.75) is 63.7 Å². The molecule has 29 heavy (non-hydrogen) atoms. The fourth-order valence-electron chi connectivity index (χ4n) is 5.00. The van der Waals surface area contributed by atoms with E-state index >= 15 is 0 Å². The zero-order chi connectivity index (χ0) is 21.0. The molecule has 1 unspecified atom stereocenters. The molecular weight excluding hydrogens is 358 g/mol. The standard InChI is InChI=1S/C26H31NO2/c1-24(2)12-13-25(3,4)20-15-18(8-9-19(20)24)26(5)16-27-22-10-6-17(14-21(22)26)7-11-23(28)29/h6-11,14-15,27H,12-13,16H2,1-5H3,(H,28,29)/b11-7+. The van der Waals surface area contributed by atoms with Crippen LogP contribution < -0.4 is 5.32 Å². The molecule has 1 atom stereocenters. The van der Waals surface area contributed by atoms with Crippen molar-refractivity contribution in [3.63, 3.8) is 0 Å². The van der Waals surface area contributed by atoms with E-state index in [9.17, 15) is 4.79 Å². The summed E-state index contributed by atoms with van der Waals surface area (Å²) in [4.78, 5) is 10.9. The maximum absolute atomic E-state index is 10.9. The molecule has 3 nitrogen and oxygen atoms in total. The molecule has 0 saturated heterocycles. The maximum Gasteiger partial charge on any atom is 0.328 e. The molecule has 0 saturated carbocycles. The molecule has 1 aliphatic heterocycles. The second-order valence-electron chi connectivity index (χ2n) is 10.2. The summed E-state index contributed by atoms with van der Waals surface area (Å²) in [5.41, 5.74) is 7.81. The zero-order valence-electron chi connectivity index (χ0n) is 18.1. The summed E-state index contributed by atoms with van der Waals surface area (Å²) in [6.07, 6.45) is 5.28. The Kier molecular flexibility index (Phi) is 4.41. The number of carbonyl (C=O) groups is 1. The van der Waals surface area contributed by atoms with Gasteiger partial charge in [0.25, 0.3) is 0 Å². The maximum atomic E-state index is 10.9. The van der Waals surface area contributed by atoms with Gasteiger partial charge < -0.3 is 10.4 Å². The molecule has 0 fully saturated rings. The summed E-state index contributed by atoms with van der Waals surface area (Å²) in [5.74, 6) is -0.925. The largest absolute Gasteiger partial charge is 0.478 e. The van der Waals surface area contributed by atoms with Crippen LogP contribution in [0.2, 0.25) is 0 Å². The van der Waals surface area contributed by atoms with E-state index in [0.717, 1.165) is 17.8 Å². The van der Waals surface area contributed by atoms with Crippen LogP contribution >= 0.6 is 0 Å². The molecule has 3 heteroatoms. The lowest BCUT2D eigenvalue weighted by atomic mass is 9.62. The topological polar surface area (TPSA) is 49.3 Å². The Labute approximate surface area is 173 Å². The van der Waals surface area contributed by atoms with Gasteiger partial charge in [-0.05, 0) is 76.6 Å². The first-order valence-corrected chi connectivity index (χ1v) is 10.5. The van der Waals surface area contributed by atoms with Gasteiger partial charge >= 0.3 is 5.97 Å². The predicted molar refractivity (Wildman–Crippen MR) is 120 cm³/mol. The molecule has 0 aromatic heterocycles. The van der Waals surface area contributed by atoms with Crippen molar-refractivity contribution in [3.05, 3.63) is 70.3 Å². The number of hydrogen-bond acceptors (Lipinski definition) is 2. The summed E-state index contributed by atoms with van der Waals surface area (Å²) < 4.78 is 0. The van der Waals surface area contributed by atoms with E-state index < -0.39 is 5.97 Å². The normalized spacial score (nSPS) is 24.0. The number of anilines is 1. The van der Waals surface area contributed by atoms with Crippen LogP contribution in [0.5, 0.6) is 0 Å². The Hall–Kier alpha value is -2.55. The zero-order valence-corrected chi connectivity index (χ0v) is 18.1. The fourth-order valence-corrected chi connectivity index (χ4v) is 5.00. The van der Waals surface area contributed by atoms with Crippen LogP contribution in [0.3, 0.4) is 0 Å². The molecule has 2 aromatic rings. The third-order valence-corrected chi connectivity index (χ3v) is 7.18. The van der Waals surface area contributed by atoms with Gasteiger partial charge in [-0.2, -0.15) is 0 Å². The molecule has 0 spiro atoms. The molecule has 152 valence electrons. The first kappa shape index (κ1) is 19.8. The van der Waals surface area contributed by atoms with E-state index in [2.05, 4.69) is 70.3 Å². The molecule has 4 rings (SSSR count). The number of carboxylic acid groups (broad SMARTS) is 1. The van der Waals surface area contributed by atoms with Gasteiger partial charge in [-0.1, -0.05) is 52.0 Å². The van der Waals surface area contributed by atoms with E-state index in [1.54, 1.807) is 6.08 Å². The molecule has 2 aromatic carbocycles. The van der Waals surface area contributed by atoms with E-state index in [-0.39, 0.29) is 16.2 Å². The van der Waals surface area contributed by atoms with Crippen LogP contribution in [0.25, 0.3) is 6.08 Å². The second-order valence-corrected chi connectivity index (χ2v) is 10.2. The van der Waals surface area contributed by atoms with E-state index in [1.807, 2.05) is 6.07 Å². The Balaban J connectivity index is 1.81. The van der Waals surface area contributed by atoms with Crippen LogP contribution in [0.4, 0.5) is 5.69 Å². The average molecular weight is 390 g/mol. The highest BCUT2D eigenvalue weighted by Gasteiger charge is 2.40. The summed E-state index contributed by atoms with van der Waals surface area (Å²) in [6.45, 7) is 12.6. The summed E-state index contributed by atoms with van der Waals surface area (Å²) >= 11 is 0. The number of nitrogens with one attached hydrogen (secondary N) is 1. The number of fused-ring (bicyclic) bond motifs is 2. The molecule has 0 amide bonds. The van der Waals surface area contributed by atoms with Crippen molar-refractivity contribution in [1.82, 2.24) is 0 Å². The van der Waals surface area contributed by atoms with Gasteiger partial charge in [-0.15, -0.1) is 0 Å². The quantitative estimate of drug-likeness (QED) is 0.646. The van der Waals surface area contributed by atoms with Crippen LogP contribution in [-0.2, 0) is 21.0 Å². The van der Waals surface area contributed by atoms with Crippen molar-refractivity contribution >= 4 is 17.7 Å². The van der Waals surface area contributed by atoms with Gasteiger partial charge in [0.2, 0.25) is 0 Å². The first-order valence-electron chi connectivity index (χ1n) is 10.5. The summed E-state index contributed by atoms with van der Waals surface area (Å²) in [7, 11) is 0. The van der Waals surface area contributed by atoms with E-state index in [4.69, 9.17) is 5.11 Å². The van der Waals surface area contributed by atoms with Crippen LogP contribution in [0, 0.1) is 0 Å². The van der Waals surface area contributed by atoms with Crippen molar-refractivity contribution in [3.8, 4) is 0 Å². The molecule has 2 aliphatic rings. The van der Waals surface area contributed by atoms with Gasteiger partial charge in [-0.25, -0.2) is 4.79 Å². The van der Waals surface area contributed by atoms with E-state index in [0.29, 0.717) is 0 Å². The highest BCUT2D eigenvalue weighted by Crippen LogP contribution is 2.49. The Morgan fingerprint density at radius 3 is 2.31 bits per heavy atom. The average Bonchev–Trinajstić information content (AvgIpc) is 3.01. The minimum atomic E-state index is -0.925. The summed E-state index contributed by atoms with van der Waals surface area (Å²) in [5, 5.41) is 12.5. The molecule has 0 radical (unpaired) electrons. The van der Waals surface area contributed by atoms with Crippen molar-refractivity contribution in [2.24, 2.45) is 0 Å². The van der Waals surface area contributed by atoms with Gasteiger partial charge in [0.05, 0.1) is 0 Å². The van der Waals surface area contributed by atoms with Gasteiger partial charge in [0.15, 0.2) is 0 Å². The molecule has 2 N–H and O–H groups in total. The minimum absolute atomic E-state index is 0.144. The minimum Gasteiger partial charge on any atom is -0.478 e. The number of carboxylic acids is 1.